The summed E-state index contributed by atoms with van der Waals surface area (Å²) in [5.41, 5.74) is 8.08. The third-order valence-electron chi connectivity index (χ3n) is 2.65. The van der Waals surface area contributed by atoms with Crippen LogP contribution in [0.25, 0.3) is 11.3 Å². The van der Waals surface area contributed by atoms with Crippen molar-refractivity contribution in [3.63, 3.8) is 0 Å². The van der Waals surface area contributed by atoms with Crippen molar-refractivity contribution in [2.75, 3.05) is 12.8 Å². The predicted molar refractivity (Wildman–Crippen MR) is 71.4 cm³/mol. The van der Waals surface area contributed by atoms with Crippen molar-refractivity contribution in [2.24, 2.45) is 5.73 Å². The third kappa shape index (κ3) is 2.30. The number of hydrogen-bond acceptors (Lipinski definition) is 3. The van der Waals surface area contributed by atoms with Crippen molar-refractivity contribution < 1.29 is 0 Å². The molecule has 0 atom stereocenters. The standard InChI is InChI=1S/C12H15N3OS/c1-17-10-5-3-2-4-8(10)11-9(6-7-13)12(16)15-14-11/h2-5H,6-7,13H2,1H3,(H2,14,15,16). The second kappa shape index (κ2) is 5.25. The fraction of sp³-hybridized carbons (Fsp3) is 0.250. The second-order valence-corrected chi connectivity index (χ2v) is 4.52. The maximum absolute atomic E-state index is 11.7. The van der Waals surface area contributed by atoms with E-state index in [1.165, 1.54) is 0 Å². The molecule has 4 nitrogen and oxygen atoms in total. The Balaban J connectivity index is 2.56. The minimum absolute atomic E-state index is 0.0821. The first-order valence-electron chi connectivity index (χ1n) is 5.41. The van der Waals surface area contributed by atoms with Gasteiger partial charge in [0.05, 0.1) is 5.69 Å². The van der Waals surface area contributed by atoms with E-state index in [1.807, 2.05) is 30.5 Å². The number of hydrogen-bond donors (Lipinski definition) is 3. The van der Waals surface area contributed by atoms with Crippen LogP contribution in [0.5, 0.6) is 0 Å². The van der Waals surface area contributed by atoms with E-state index in [9.17, 15) is 4.79 Å². The fourth-order valence-corrected chi connectivity index (χ4v) is 2.45. The fourth-order valence-electron chi connectivity index (χ4n) is 1.85. The maximum atomic E-state index is 11.7. The molecule has 1 aromatic heterocycles. The quantitative estimate of drug-likeness (QED) is 0.720. The van der Waals surface area contributed by atoms with Gasteiger partial charge in [-0.05, 0) is 25.3 Å². The second-order valence-electron chi connectivity index (χ2n) is 3.67. The molecule has 0 aliphatic carbocycles. The summed E-state index contributed by atoms with van der Waals surface area (Å²) in [6.07, 6.45) is 2.60. The average molecular weight is 249 g/mol. The maximum Gasteiger partial charge on any atom is 0.267 e. The molecule has 17 heavy (non-hydrogen) atoms. The van der Waals surface area contributed by atoms with Crippen molar-refractivity contribution in [1.82, 2.24) is 10.2 Å². The Labute approximate surface area is 104 Å². The lowest BCUT2D eigenvalue weighted by molar-refractivity contribution is 0.960. The van der Waals surface area contributed by atoms with Gasteiger partial charge in [0.1, 0.15) is 0 Å². The molecule has 1 aromatic carbocycles. The molecule has 90 valence electrons. The van der Waals surface area contributed by atoms with Crippen molar-refractivity contribution in [1.29, 1.82) is 0 Å². The summed E-state index contributed by atoms with van der Waals surface area (Å²) in [7, 11) is 0. The number of rotatable bonds is 4. The first kappa shape index (κ1) is 12.0. The zero-order chi connectivity index (χ0) is 12.3. The van der Waals surface area contributed by atoms with Crippen LogP contribution in [0.4, 0.5) is 0 Å². The zero-order valence-corrected chi connectivity index (χ0v) is 10.4. The minimum atomic E-state index is -0.0821. The molecule has 0 unspecified atom stereocenters. The lowest BCUT2D eigenvalue weighted by atomic mass is 10.1. The summed E-state index contributed by atoms with van der Waals surface area (Å²) < 4.78 is 0. The van der Waals surface area contributed by atoms with Crippen LogP contribution in [0.15, 0.2) is 34.0 Å². The number of aromatic nitrogens is 2. The summed E-state index contributed by atoms with van der Waals surface area (Å²) in [6.45, 7) is 0.468. The van der Waals surface area contributed by atoms with Crippen LogP contribution in [0.3, 0.4) is 0 Å². The first-order chi connectivity index (χ1) is 8.27. The van der Waals surface area contributed by atoms with Crippen LogP contribution in [-0.2, 0) is 6.42 Å². The Kier molecular flexibility index (Phi) is 3.71. The normalized spacial score (nSPS) is 10.7. The minimum Gasteiger partial charge on any atom is -0.330 e. The third-order valence-corrected chi connectivity index (χ3v) is 3.44. The van der Waals surface area contributed by atoms with Crippen molar-refractivity contribution in [3.05, 3.63) is 40.2 Å². The van der Waals surface area contributed by atoms with E-state index in [2.05, 4.69) is 10.2 Å². The van der Waals surface area contributed by atoms with Crippen LogP contribution in [0.2, 0.25) is 0 Å². The van der Waals surface area contributed by atoms with Gasteiger partial charge in [-0.1, -0.05) is 18.2 Å². The number of nitrogens with one attached hydrogen (secondary N) is 2. The molecule has 0 amide bonds. The molecule has 4 N–H and O–H groups in total. The van der Waals surface area contributed by atoms with Crippen LogP contribution >= 0.6 is 11.8 Å². The van der Waals surface area contributed by atoms with E-state index >= 15 is 0 Å². The lowest BCUT2D eigenvalue weighted by Gasteiger charge is -2.06. The van der Waals surface area contributed by atoms with Crippen LogP contribution in [0.1, 0.15) is 5.56 Å². The summed E-state index contributed by atoms with van der Waals surface area (Å²) in [4.78, 5) is 12.8. The molecule has 0 saturated heterocycles. The van der Waals surface area contributed by atoms with Gasteiger partial charge in [-0.15, -0.1) is 11.8 Å². The highest BCUT2D eigenvalue weighted by Gasteiger charge is 2.13. The predicted octanol–water partition coefficient (Wildman–Crippen LogP) is 1.59. The summed E-state index contributed by atoms with van der Waals surface area (Å²) >= 11 is 1.66. The number of aromatic amines is 2. The summed E-state index contributed by atoms with van der Waals surface area (Å²) in [5, 5.41) is 5.57. The van der Waals surface area contributed by atoms with E-state index < -0.39 is 0 Å². The molecule has 0 bridgehead atoms. The van der Waals surface area contributed by atoms with Crippen molar-refractivity contribution in [3.8, 4) is 11.3 Å². The Hall–Kier alpha value is -1.46. The van der Waals surface area contributed by atoms with Crippen molar-refractivity contribution in [2.45, 2.75) is 11.3 Å². The zero-order valence-electron chi connectivity index (χ0n) is 9.62. The number of nitrogens with two attached hydrogens (primary N) is 1. The highest BCUT2D eigenvalue weighted by molar-refractivity contribution is 7.98. The van der Waals surface area contributed by atoms with E-state index in [1.54, 1.807) is 11.8 Å². The van der Waals surface area contributed by atoms with Crippen LogP contribution < -0.4 is 11.3 Å². The number of H-pyrrole nitrogens is 2. The van der Waals surface area contributed by atoms with Crippen molar-refractivity contribution >= 4 is 11.8 Å². The molecule has 2 aromatic rings. The molecule has 0 aliphatic heterocycles. The molecular formula is C12H15N3OS. The monoisotopic (exact) mass is 249 g/mol. The molecule has 0 fully saturated rings. The SMILES string of the molecule is CSc1ccccc1-c1[nH][nH]c(=O)c1CCN. The number of benzene rings is 1. The lowest BCUT2D eigenvalue weighted by Crippen LogP contribution is -2.12. The van der Waals surface area contributed by atoms with Gasteiger partial charge in [-0.2, -0.15) is 0 Å². The molecule has 0 spiro atoms. The molecule has 5 heteroatoms. The molecule has 1 heterocycles. The Morgan fingerprint density at radius 1 is 1.29 bits per heavy atom. The average Bonchev–Trinajstić information content (AvgIpc) is 2.72. The molecule has 0 radical (unpaired) electrons. The summed E-state index contributed by atoms with van der Waals surface area (Å²) in [6, 6.07) is 8.00. The largest absolute Gasteiger partial charge is 0.330 e. The van der Waals surface area contributed by atoms with E-state index in [4.69, 9.17) is 5.73 Å². The van der Waals surface area contributed by atoms with Crippen LogP contribution in [0, 0.1) is 0 Å². The van der Waals surface area contributed by atoms with Gasteiger partial charge in [0, 0.05) is 16.0 Å². The Bertz CT molecular complexity index is 559. The molecule has 0 saturated carbocycles. The van der Waals surface area contributed by atoms with Gasteiger partial charge in [-0.25, -0.2) is 0 Å². The molecule has 0 aliphatic rings. The Morgan fingerprint density at radius 2 is 2.06 bits per heavy atom. The van der Waals surface area contributed by atoms with Gasteiger partial charge in [0.25, 0.3) is 5.56 Å². The smallest absolute Gasteiger partial charge is 0.267 e. The van der Waals surface area contributed by atoms with Gasteiger partial charge >= 0.3 is 0 Å². The Morgan fingerprint density at radius 3 is 2.76 bits per heavy atom. The highest BCUT2D eigenvalue weighted by Crippen LogP contribution is 2.29. The molecular weight excluding hydrogens is 234 g/mol. The van der Waals surface area contributed by atoms with Gasteiger partial charge in [0.2, 0.25) is 0 Å². The number of thioether (sulfide) groups is 1. The first-order valence-corrected chi connectivity index (χ1v) is 6.63. The summed E-state index contributed by atoms with van der Waals surface area (Å²) in [5.74, 6) is 0. The van der Waals surface area contributed by atoms with E-state index in [0.717, 1.165) is 21.7 Å². The highest BCUT2D eigenvalue weighted by atomic mass is 32.2. The van der Waals surface area contributed by atoms with Gasteiger partial charge < -0.3 is 5.73 Å². The van der Waals surface area contributed by atoms with E-state index in [0.29, 0.717) is 13.0 Å². The topological polar surface area (TPSA) is 74.7 Å². The van der Waals surface area contributed by atoms with E-state index in [-0.39, 0.29) is 5.56 Å². The van der Waals surface area contributed by atoms with Gasteiger partial charge in [0.15, 0.2) is 0 Å². The van der Waals surface area contributed by atoms with Crippen LogP contribution in [-0.4, -0.2) is 23.0 Å². The van der Waals surface area contributed by atoms with Gasteiger partial charge in [-0.3, -0.25) is 15.0 Å². The molecule has 2 rings (SSSR count).